The summed E-state index contributed by atoms with van der Waals surface area (Å²) in [6.45, 7) is 6.75. The first kappa shape index (κ1) is 17.3. The molecule has 1 fully saturated rings. The monoisotopic (exact) mass is 299 g/mol. The van der Waals surface area contributed by atoms with E-state index in [9.17, 15) is 14.4 Å². The van der Waals surface area contributed by atoms with E-state index in [4.69, 9.17) is 5.11 Å². The maximum Gasteiger partial charge on any atom is 0.323 e. The second-order valence-corrected chi connectivity index (χ2v) is 6.22. The highest BCUT2D eigenvalue weighted by molar-refractivity contribution is 5.81. The molecule has 1 aliphatic heterocycles. The lowest BCUT2D eigenvalue weighted by Crippen LogP contribution is -2.52. The number of urea groups is 1. The summed E-state index contributed by atoms with van der Waals surface area (Å²) in [4.78, 5) is 37.8. The van der Waals surface area contributed by atoms with E-state index >= 15 is 0 Å². The molecule has 0 aliphatic carbocycles. The molecule has 7 heteroatoms. The summed E-state index contributed by atoms with van der Waals surface area (Å²) >= 11 is 0. The standard InChI is InChI=1S/C14H25N3O4/c1-14(2,3)17(10-12(19)20)13(21)15-7-6-11(18)16-8-4-5-9-16/h4-10H2,1-3H3,(H,15,21)(H,19,20). The Hall–Kier alpha value is -1.79. The zero-order valence-corrected chi connectivity index (χ0v) is 13.0. The van der Waals surface area contributed by atoms with Gasteiger partial charge >= 0.3 is 12.0 Å². The van der Waals surface area contributed by atoms with Gasteiger partial charge in [0.2, 0.25) is 5.91 Å². The molecule has 0 aromatic heterocycles. The topological polar surface area (TPSA) is 90.0 Å². The Kier molecular flexibility index (Phi) is 5.99. The molecule has 1 rings (SSSR count). The number of carbonyl (C=O) groups is 3. The molecule has 0 atom stereocenters. The van der Waals surface area contributed by atoms with Gasteiger partial charge in [-0.05, 0) is 33.6 Å². The Balaban J connectivity index is 2.42. The summed E-state index contributed by atoms with van der Waals surface area (Å²) in [5.41, 5.74) is -0.596. The van der Waals surface area contributed by atoms with Crippen LogP contribution < -0.4 is 5.32 Å². The number of rotatable bonds is 5. The van der Waals surface area contributed by atoms with Crippen LogP contribution in [0.5, 0.6) is 0 Å². The second kappa shape index (κ2) is 7.28. The lowest BCUT2D eigenvalue weighted by atomic mass is 10.1. The minimum absolute atomic E-state index is 0.0355. The average molecular weight is 299 g/mol. The number of hydrogen-bond acceptors (Lipinski definition) is 3. The second-order valence-electron chi connectivity index (χ2n) is 6.22. The van der Waals surface area contributed by atoms with Crippen LogP contribution in [0.2, 0.25) is 0 Å². The van der Waals surface area contributed by atoms with Gasteiger partial charge in [-0.15, -0.1) is 0 Å². The third kappa shape index (κ3) is 5.61. The van der Waals surface area contributed by atoms with Gasteiger partial charge in [0.25, 0.3) is 0 Å². The lowest BCUT2D eigenvalue weighted by Gasteiger charge is -2.34. The van der Waals surface area contributed by atoms with Gasteiger partial charge in [-0.1, -0.05) is 0 Å². The van der Waals surface area contributed by atoms with Crippen molar-refractivity contribution in [3.63, 3.8) is 0 Å². The highest BCUT2D eigenvalue weighted by atomic mass is 16.4. The minimum atomic E-state index is -1.06. The van der Waals surface area contributed by atoms with Crippen molar-refractivity contribution in [3.8, 4) is 0 Å². The Morgan fingerprint density at radius 2 is 1.76 bits per heavy atom. The van der Waals surface area contributed by atoms with Crippen LogP contribution in [0, 0.1) is 0 Å². The van der Waals surface area contributed by atoms with Gasteiger partial charge in [-0.25, -0.2) is 4.79 Å². The molecule has 120 valence electrons. The molecule has 0 bridgehead atoms. The van der Waals surface area contributed by atoms with Gasteiger partial charge in [-0.2, -0.15) is 0 Å². The molecule has 21 heavy (non-hydrogen) atoms. The molecule has 7 nitrogen and oxygen atoms in total. The van der Waals surface area contributed by atoms with Crippen molar-refractivity contribution in [3.05, 3.63) is 0 Å². The summed E-state index contributed by atoms with van der Waals surface area (Å²) < 4.78 is 0. The predicted octanol–water partition coefficient (Wildman–Crippen LogP) is 0.894. The number of carbonyl (C=O) groups excluding carboxylic acids is 2. The number of carboxylic acid groups (broad SMARTS) is 1. The minimum Gasteiger partial charge on any atom is -0.480 e. The largest absolute Gasteiger partial charge is 0.480 e. The van der Waals surface area contributed by atoms with E-state index in [0.717, 1.165) is 25.9 Å². The Morgan fingerprint density at radius 1 is 1.19 bits per heavy atom. The number of hydrogen-bond donors (Lipinski definition) is 2. The molecule has 0 aromatic rings. The summed E-state index contributed by atoms with van der Waals surface area (Å²) in [5.74, 6) is -1.03. The Morgan fingerprint density at radius 3 is 2.24 bits per heavy atom. The molecule has 0 saturated carbocycles. The van der Waals surface area contributed by atoms with Crippen LogP contribution in [0.25, 0.3) is 0 Å². The zero-order valence-electron chi connectivity index (χ0n) is 13.0. The van der Waals surface area contributed by atoms with Crippen molar-refractivity contribution in [2.75, 3.05) is 26.2 Å². The SMILES string of the molecule is CC(C)(C)N(CC(=O)O)C(=O)NCCC(=O)N1CCCC1. The molecule has 0 aromatic carbocycles. The van der Waals surface area contributed by atoms with Crippen molar-refractivity contribution in [1.82, 2.24) is 15.1 Å². The molecule has 2 N–H and O–H groups in total. The van der Waals surface area contributed by atoms with E-state index in [2.05, 4.69) is 5.32 Å². The van der Waals surface area contributed by atoms with Gasteiger partial charge in [0.15, 0.2) is 0 Å². The van der Waals surface area contributed by atoms with Crippen LogP contribution in [0.4, 0.5) is 4.79 Å². The summed E-state index contributed by atoms with van der Waals surface area (Å²) in [5, 5.41) is 11.5. The maximum absolute atomic E-state index is 12.1. The van der Waals surface area contributed by atoms with Gasteiger partial charge < -0.3 is 20.2 Å². The fraction of sp³-hybridized carbons (Fsp3) is 0.786. The third-order valence-electron chi connectivity index (χ3n) is 3.42. The average Bonchev–Trinajstić information content (AvgIpc) is 2.87. The smallest absolute Gasteiger partial charge is 0.323 e. The number of carboxylic acids is 1. The molecule has 3 amide bonds. The molecule has 1 saturated heterocycles. The van der Waals surface area contributed by atoms with Crippen LogP contribution in [-0.4, -0.2) is 64.5 Å². The van der Waals surface area contributed by atoms with Crippen LogP contribution in [0.3, 0.4) is 0 Å². The zero-order chi connectivity index (χ0) is 16.0. The first-order valence-corrected chi connectivity index (χ1v) is 7.27. The number of aliphatic carboxylic acids is 1. The number of likely N-dealkylation sites (tertiary alicyclic amines) is 1. The van der Waals surface area contributed by atoms with Gasteiger partial charge in [0.1, 0.15) is 6.54 Å². The lowest BCUT2D eigenvalue weighted by molar-refractivity contribution is -0.138. The quantitative estimate of drug-likeness (QED) is 0.789. The van der Waals surface area contributed by atoms with Crippen LogP contribution >= 0.6 is 0 Å². The van der Waals surface area contributed by atoms with Crippen molar-refractivity contribution in [1.29, 1.82) is 0 Å². The van der Waals surface area contributed by atoms with Crippen LogP contribution in [0.1, 0.15) is 40.0 Å². The molecule has 0 spiro atoms. The number of nitrogens with zero attached hydrogens (tertiary/aromatic N) is 2. The van der Waals surface area contributed by atoms with Crippen molar-refractivity contribution in [2.24, 2.45) is 0 Å². The fourth-order valence-corrected chi connectivity index (χ4v) is 2.25. The van der Waals surface area contributed by atoms with Crippen LogP contribution in [-0.2, 0) is 9.59 Å². The summed E-state index contributed by atoms with van der Waals surface area (Å²) in [7, 11) is 0. The molecule has 0 unspecified atom stereocenters. The highest BCUT2D eigenvalue weighted by Crippen LogP contribution is 2.13. The summed E-state index contributed by atoms with van der Waals surface area (Å²) in [6.07, 6.45) is 2.32. The van der Waals surface area contributed by atoms with E-state index < -0.39 is 17.5 Å². The third-order valence-corrected chi connectivity index (χ3v) is 3.42. The summed E-state index contributed by atoms with van der Waals surface area (Å²) in [6, 6.07) is -0.459. The molecular weight excluding hydrogens is 274 g/mol. The van der Waals surface area contributed by atoms with E-state index in [1.807, 2.05) is 0 Å². The molecular formula is C14H25N3O4. The molecule has 0 radical (unpaired) electrons. The Labute approximate surface area is 125 Å². The molecule has 1 heterocycles. The van der Waals surface area contributed by atoms with Crippen LogP contribution in [0.15, 0.2) is 0 Å². The van der Waals surface area contributed by atoms with Crippen molar-refractivity contribution >= 4 is 17.9 Å². The van der Waals surface area contributed by atoms with E-state index in [-0.39, 0.29) is 25.4 Å². The van der Waals surface area contributed by atoms with Crippen molar-refractivity contribution < 1.29 is 19.5 Å². The van der Waals surface area contributed by atoms with Gasteiger partial charge in [0, 0.05) is 31.6 Å². The van der Waals surface area contributed by atoms with Gasteiger partial charge in [-0.3, -0.25) is 9.59 Å². The number of nitrogens with one attached hydrogen (secondary N) is 1. The normalized spacial score (nSPS) is 14.9. The fourth-order valence-electron chi connectivity index (χ4n) is 2.25. The van der Waals surface area contributed by atoms with E-state index in [0.29, 0.717) is 0 Å². The maximum atomic E-state index is 12.1. The molecule has 1 aliphatic rings. The predicted molar refractivity (Wildman–Crippen MR) is 77.9 cm³/mol. The Bertz CT molecular complexity index is 398. The van der Waals surface area contributed by atoms with Crippen molar-refractivity contribution in [2.45, 2.75) is 45.6 Å². The van der Waals surface area contributed by atoms with Gasteiger partial charge in [0.05, 0.1) is 0 Å². The van der Waals surface area contributed by atoms with E-state index in [1.165, 1.54) is 4.90 Å². The number of amides is 3. The first-order valence-electron chi connectivity index (χ1n) is 7.27. The van der Waals surface area contributed by atoms with E-state index in [1.54, 1.807) is 25.7 Å². The highest BCUT2D eigenvalue weighted by Gasteiger charge is 2.28. The first-order chi connectivity index (χ1) is 9.71.